The van der Waals surface area contributed by atoms with Crippen molar-refractivity contribution in [3.05, 3.63) is 120 Å². The summed E-state index contributed by atoms with van der Waals surface area (Å²) in [6.07, 6.45) is -2.49. The summed E-state index contributed by atoms with van der Waals surface area (Å²) in [5.41, 5.74) is 0.439. The maximum absolute atomic E-state index is 14.5. The molecule has 2 amide bonds. The van der Waals surface area contributed by atoms with Crippen LogP contribution in [-0.2, 0) is 37.0 Å². The van der Waals surface area contributed by atoms with E-state index in [1.807, 2.05) is 84.9 Å². The average molecular weight is 598 g/mol. The number of benzene rings is 3. The molecule has 1 fully saturated rings. The molecule has 0 saturated carbocycles. The Kier molecular flexibility index (Phi) is 8.71. The highest BCUT2D eigenvalue weighted by atomic mass is 16.6. The van der Waals surface area contributed by atoms with E-state index in [1.54, 1.807) is 13.8 Å². The van der Waals surface area contributed by atoms with Crippen molar-refractivity contribution in [3.63, 3.8) is 0 Å². The lowest BCUT2D eigenvalue weighted by atomic mass is 9.88. The standard InChI is InChI=1S/C35H35NO8/c1-23(37)41-22-28-19-20-29(43-28)31(38)35(4,42-21-24-15-17-26(18-16-24)25-11-7-5-8-12-25)32(39)36-30(27-13-9-6-10-14-27)34(2,3)44-33(36)40/h5-20,30-31,38H,21-22H2,1-4H3/t30-,31+,35-/m0/s1. The number of hydrogen-bond acceptors (Lipinski definition) is 8. The molecule has 1 N–H and O–H groups in total. The molecule has 5 rings (SSSR count). The molecule has 44 heavy (non-hydrogen) atoms. The highest BCUT2D eigenvalue weighted by molar-refractivity contribution is 5.99. The van der Waals surface area contributed by atoms with Gasteiger partial charge in [-0.1, -0.05) is 84.9 Å². The van der Waals surface area contributed by atoms with Crippen LogP contribution in [0.25, 0.3) is 11.1 Å². The fourth-order valence-electron chi connectivity index (χ4n) is 5.35. The zero-order valence-electron chi connectivity index (χ0n) is 25.1. The summed E-state index contributed by atoms with van der Waals surface area (Å²) in [6, 6.07) is 28.9. The topological polar surface area (TPSA) is 116 Å². The van der Waals surface area contributed by atoms with Gasteiger partial charge in [-0.25, -0.2) is 9.69 Å². The number of imide groups is 1. The van der Waals surface area contributed by atoms with Crippen LogP contribution in [0.2, 0.25) is 0 Å². The predicted octanol–water partition coefficient (Wildman–Crippen LogP) is 6.52. The molecule has 0 aliphatic carbocycles. The van der Waals surface area contributed by atoms with Crippen molar-refractivity contribution in [2.24, 2.45) is 0 Å². The van der Waals surface area contributed by atoms with Crippen LogP contribution in [0.1, 0.15) is 62.5 Å². The lowest BCUT2D eigenvalue weighted by Crippen LogP contribution is -2.54. The Morgan fingerprint density at radius 3 is 2.16 bits per heavy atom. The molecule has 0 radical (unpaired) electrons. The molecule has 0 spiro atoms. The molecular formula is C35H35NO8. The number of nitrogens with zero attached hydrogens (tertiary/aromatic N) is 1. The van der Waals surface area contributed by atoms with Gasteiger partial charge in [0.25, 0.3) is 5.91 Å². The molecule has 9 heteroatoms. The summed E-state index contributed by atoms with van der Waals surface area (Å²) in [4.78, 5) is 40.1. The molecule has 1 saturated heterocycles. The molecule has 3 atom stereocenters. The molecule has 3 aromatic carbocycles. The minimum Gasteiger partial charge on any atom is -0.460 e. The maximum Gasteiger partial charge on any atom is 0.417 e. The molecule has 1 aliphatic rings. The number of esters is 1. The van der Waals surface area contributed by atoms with E-state index >= 15 is 0 Å². The molecule has 0 bridgehead atoms. The third-order valence-corrected chi connectivity index (χ3v) is 7.71. The van der Waals surface area contributed by atoms with E-state index in [9.17, 15) is 19.5 Å². The fraction of sp³-hybridized carbons (Fsp3) is 0.286. The molecule has 1 aliphatic heterocycles. The lowest BCUT2D eigenvalue weighted by Gasteiger charge is -2.37. The van der Waals surface area contributed by atoms with Gasteiger partial charge in [-0.15, -0.1) is 0 Å². The summed E-state index contributed by atoms with van der Waals surface area (Å²) < 4.78 is 22.7. The number of ether oxygens (including phenoxy) is 3. The number of furan rings is 1. The van der Waals surface area contributed by atoms with E-state index in [1.165, 1.54) is 26.0 Å². The van der Waals surface area contributed by atoms with Crippen LogP contribution in [0.3, 0.4) is 0 Å². The van der Waals surface area contributed by atoms with Crippen LogP contribution in [0, 0.1) is 0 Å². The monoisotopic (exact) mass is 597 g/mol. The lowest BCUT2D eigenvalue weighted by molar-refractivity contribution is -0.176. The largest absolute Gasteiger partial charge is 0.460 e. The summed E-state index contributed by atoms with van der Waals surface area (Å²) in [6.45, 7) is 5.95. The number of aliphatic hydroxyl groups is 1. The second kappa shape index (κ2) is 12.5. The van der Waals surface area contributed by atoms with E-state index in [0.717, 1.165) is 21.6 Å². The van der Waals surface area contributed by atoms with Gasteiger partial charge < -0.3 is 23.7 Å². The van der Waals surface area contributed by atoms with Crippen LogP contribution >= 0.6 is 0 Å². The first-order valence-electron chi connectivity index (χ1n) is 14.3. The van der Waals surface area contributed by atoms with E-state index < -0.39 is 41.3 Å². The van der Waals surface area contributed by atoms with Crippen molar-refractivity contribution in [2.75, 3.05) is 0 Å². The van der Waals surface area contributed by atoms with Gasteiger partial charge in [-0.3, -0.25) is 9.59 Å². The van der Waals surface area contributed by atoms with Crippen LogP contribution in [0.15, 0.2) is 101 Å². The third kappa shape index (κ3) is 6.29. The van der Waals surface area contributed by atoms with E-state index in [-0.39, 0.29) is 24.7 Å². The zero-order valence-corrected chi connectivity index (χ0v) is 25.1. The van der Waals surface area contributed by atoms with Crippen LogP contribution < -0.4 is 0 Å². The number of aliphatic hydroxyl groups excluding tert-OH is 1. The normalized spacial score (nSPS) is 17.9. The maximum atomic E-state index is 14.5. The summed E-state index contributed by atoms with van der Waals surface area (Å²) in [7, 11) is 0. The van der Waals surface area contributed by atoms with Crippen molar-refractivity contribution in [2.45, 2.75) is 64.3 Å². The van der Waals surface area contributed by atoms with Gasteiger partial charge in [0.2, 0.25) is 0 Å². The Morgan fingerprint density at radius 2 is 1.52 bits per heavy atom. The highest BCUT2D eigenvalue weighted by Crippen LogP contribution is 2.44. The first-order chi connectivity index (χ1) is 21.0. The number of amides is 2. The highest BCUT2D eigenvalue weighted by Gasteiger charge is 2.57. The number of cyclic esters (lactones) is 1. The van der Waals surface area contributed by atoms with E-state index in [2.05, 4.69) is 0 Å². The Morgan fingerprint density at radius 1 is 0.909 bits per heavy atom. The predicted molar refractivity (Wildman–Crippen MR) is 161 cm³/mol. The first kappa shape index (κ1) is 30.7. The molecule has 1 aromatic heterocycles. The average Bonchev–Trinajstić information content (AvgIpc) is 3.59. The van der Waals surface area contributed by atoms with Gasteiger partial charge in [0.15, 0.2) is 5.60 Å². The van der Waals surface area contributed by atoms with Gasteiger partial charge >= 0.3 is 12.1 Å². The number of rotatable bonds is 10. The molecule has 9 nitrogen and oxygen atoms in total. The van der Waals surface area contributed by atoms with Crippen molar-refractivity contribution < 1.29 is 38.1 Å². The molecule has 228 valence electrons. The Labute approximate surface area is 256 Å². The second-order valence-corrected chi connectivity index (χ2v) is 11.4. The smallest absolute Gasteiger partial charge is 0.417 e. The second-order valence-electron chi connectivity index (χ2n) is 11.4. The number of carbonyl (C=O) groups excluding carboxylic acids is 3. The van der Waals surface area contributed by atoms with Crippen LogP contribution in [0.4, 0.5) is 4.79 Å². The van der Waals surface area contributed by atoms with Crippen molar-refractivity contribution in [1.82, 2.24) is 4.90 Å². The number of carbonyl (C=O) groups is 3. The van der Waals surface area contributed by atoms with Gasteiger partial charge in [-0.2, -0.15) is 0 Å². The summed E-state index contributed by atoms with van der Waals surface area (Å²) in [5.74, 6) is -1.02. The van der Waals surface area contributed by atoms with Gasteiger partial charge in [-0.05, 0) is 55.2 Å². The molecular weight excluding hydrogens is 562 g/mol. The van der Waals surface area contributed by atoms with Crippen LogP contribution in [0.5, 0.6) is 0 Å². The number of hydrogen-bond donors (Lipinski definition) is 1. The zero-order chi connectivity index (χ0) is 31.5. The molecule has 2 heterocycles. The minimum atomic E-state index is -2.00. The van der Waals surface area contributed by atoms with Crippen molar-refractivity contribution >= 4 is 18.0 Å². The van der Waals surface area contributed by atoms with Gasteiger partial charge in [0.1, 0.15) is 35.9 Å². The fourth-order valence-corrected chi connectivity index (χ4v) is 5.35. The Hall–Kier alpha value is -4.73. The van der Waals surface area contributed by atoms with Gasteiger partial charge in [0, 0.05) is 6.92 Å². The van der Waals surface area contributed by atoms with Crippen molar-refractivity contribution in [3.8, 4) is 11.1 Å². The summed E-state index contributed by atoms with van der Waals surface area (Å²) in [5, 5.41) is 11.7. The molecule has 4 aromatic rings. The quantitative estimate of drug-likeness (QED) is 0.206. The van der Waals surface area contributed by atoms with Crippen molar-refractivity contribution in [1.29, 1.82) is 0 Å². The first-order valence-corrected chi connectivity index (χ1v) is 14.3. The SMILES string of the molecule is CC(=O)OCc1ccc([C@@H](O)[C@](C)(OCc2ccc(-c3ccccc3)cc2)C(=O)N2C(=O)OC(C)(C)[C@@H]2c2ccccc2)o1. The third-order valence-electron chi connectivity index (χ3n) is 7.71. The van der Waals surface area contributed by atoms with E-state index in [4.69, 9.17) is 18.6 Å². The van der Waals surface area contributed by atoms with E-state index in [0.29, 0.717) is 5.56 Å². The minimum absolute atomic E-state index is 0.00510. The Bertz CT molecular complexity index is 1610. The Balaban J connectivity index is 1.47. The molecule has 0 unspecified atom stereocenters. The van der Waals surface area contributed by atoms with Crippen LogP contribution in [-0.4, -0.2) is 39.2 Å². The summed E-state index contributed by atoms with van der Waals surface area (Å²) >= 11 is 0. The van der Waals surface area contributed by atoms with Gasteiger partial charge in [0.05, 0.1) is 6.61 Å².